The Morgan fingerprint density at radius 3 is 2.81 bits per heavy atom. The monoisotopic (exact) mass is 289 g/mol. The molecule has 0 fully saturated rings. The van der Waals surface area contributed by atoms with Crippen molar-refractivity contribution in [2.75, 3.05) is 14.2 Å². The highest BCUT2D eigenvalue weighted by Gasteiger charge is 2.10. The first-order chi connectivity index (χ1) is 10.2. The van der Waals surface area contributed by atoms with Crippen molar-refractivity contribution in [2.45, 2.75) is 33.0 Å². The van der Waals surface area contributed by atoms with Gasteiger partial charge in [0, 0.05) is 25.0 Å². The molecule has 1 unspecified atom stereocenters. The van der Waals surface area contributed by atoms with Gasteiger partial charge in [0.05, 0.1) is 7.11 Å². The summed E-state index contributed by atoms with van der Waals surface area (Å²) in [6.07, 6.45) is 3.74. The lowest BCUT2D eigenvalue weighted by molar-refractivity contribution is 0.271. The van der Waals surface area contributed by atoms with Gasteiger partial charge in [-0.15, -0.1) is 0 Å². The molecule has 1 aromatic heterocycles. The Bertz CT molecular complexity index is 581. The van der Waals surface area contributed by atoms with E-state index in [2.05, 4.69) is 28.7 Å². The van der Waals surface area contributed by atoms with E-state index in [0.29, 0.717) is 6.61 Å². The molecule has 2 rings (SSSR count). The summed E-state index contributed by atoms with van der Waals surface area (Å²) in [5.74, 6) is 2.38. The van der Waals surface area contributed by atoms with E-state index in [1.54, 1.807) is 13.3 Å². The van der Waals surface area contributed by atoms with Crippen molar-refractivity contribution in [3.8, 4) is 11.5 Å². The smallest absolute Gasteiger partial charge is 0.161 e. The number of aromatic nitrogens is 2. The zero-order chi connectivity index (χ0) is 15.2. The van der Waals surface area contributed by atoms with Gasteiger partial charge in [0.1, 0.15) is 12.4 Å². The van der Waals surface area contributed by atoms with Crippen LogP contribution in [0.3, 0.4) is 0 Å². The largest absolute Gasteiger partial charge is 0.493 e. The third-order valence-electron chi connectivity index (χ3n) is 3.62. The molecule has 0 aliphatic rings. The van der Waals surface area contributed by atoms with Gasteiger partial charge in [-0.2, -0.15) is 0 Å². The molecular weight excluding hydrogens is 266 g/mol. The number of methoxy groups -OCH3 is 1. The molecule has 1 heterocycles. The van der Waals surface area contributed by atoms with Crippen LogP contribution in [0.25, 0.3) is 0 Å². The molecule has 114 valence electrons. The van der Waals surface area contributed by atoms with E-state index in [0.717, 1.165) is 29.4 Å². The number of rotatable bonds is 7. The van der Waals surface area contributed by atoms with E-state index in [9.17, 15) is 0 Å². The predicted octanol–water partition coefficient (Wildman–Crippen LogP) is 2.77. The van der Waals surface area contributed by atoms with Crippen LogP contribution >= 0.6 is 0 Å². The molecule has 21 heavy (non-hydrogen) atoms. The lowest BCUT2D eigenvalue weighted by Crippen LogP contribution is -2.12. The van der Waals surface area contributed by atoms with Gasteiger partial charge in [-0.3, -0.25) is 0 Å². The van der Waals surface area contributed by atoms with Gasteiger partial charge in [-0.25, -0.2) is 4.98 Å². The molecule has 0 saturated heterocycles. The summed E-state index contributed by atoms with van der Waals surface area (Å²) in [7, 11) is 3.59. The lowest BCUT2D eigenvalue weighted by Gasteiger charge is -2.15. The quantitative estimate of drug-likeness (QED) is 0.851. The molecule has 0 aliphatic carbocycles. The van der Waals surface area contributed by atoms with Crippen LogP contribution in [-0.2, 0) is 13.2 Å². The van der Waals surface area contributed by atoms with Gasteiger partial charge in [-0.05, 0) is 38.6 Å². The first-order valence-electron chi connectivity index (χ1n) is 7.17. The Hall–Kier alpha value is -2.01. The summed E-state index contributed by atoms with van der Waals surface area (Å²) >= 11 is 0. The van der Waals surface area contributed by atoms with Crippen LogP contribution in [0.15, 0.2) is 30.6 Å². The second-order valence-corrected chi connectivity index (χ2v) is 4.84. The lowest BCUT2D eigenvalue weighted by atomic mass is 10.1. The molecule has 5 heteroatoms. The summed E-state index contributed by atoms with van der Waals surface area (Å²) in [5.41, 5.74) is 1.16. The number of hydrogen-bond donors (Lipinski definition) is 1. The van der Waals surface area contributed by atoms with Crippen molar-refractivity contribution in [2.24, 2.45) is 0 Å². The minimum Gasteiger partial charge on any atom is -0.493 e. The minimum atomic E-state index is 0.270. The summed E-state index contributed by atoms with van der Waals surface area (Å²) in [5, 5.41) is 3.21. The number of nitrogens with one attached hydrogen (secondary N) is 1. The number of imidazole rings is 1. The highest BCUT2D eigenvalue weighted by molar-refractivity contribution is 5.43. The van der Waals surface area contributed by atoms with E-state index in [-0.39, 0.29) is 6.04 Å². The van der Waals surface area contributed by atoms with Crippen LogP contribution in [0.1, 0.15) is 31.3 Å². The third kappa shape index (κ3) is 3.55. The third-order valence-corrected chi connectivity index (χ3v) is 3.62. The average Bonchev–Trinajstić information content (AvgIpc) is 2.99. The van der Waals surface area contributed by atoms with Gasteiger partial charge in [0.25, 0.3) is 0 Å². The van der Waals surface area contributed by atoms with Crippen molar-refractivity contribution >= 4 is 0 Å². The van der Waals surface area contributed by atoms with Crippen molar-refractivity contribution in [3.63, 3.8) is 0 Å². The normalized spacial score (nSPS) is 12.2. The maximum Gasteiger partial charge on any atom is 0.161 e. The first kappa shape index (κ1) is 15.4. The highest BCUT2D eigenvalue weighted by Crippen LogP contribution is 2.30. The topological polar surface area (TPSA) is 48.3 Å². The van der Waals surface area contributed by atoms with Crippen molar-refractivity contribution in [3.05, 3.63) is 42.0 Å². The molecule has 0 amide bonds. The Morgan fingerprint density at radius 1 is 1.33 bits per heavy atom. The van der Waals surface area contributed by atoms with E-state index in [1.165, 1.54) is 0 Å². The molecule has 1 atom stereocenters. The van der Waals surface area contributed by atoms with E-state index in [4.69, 9.17) is 9.47 Å². The van der Waals surface area contributed by atoms with Crippen molar-refractivity contribution in [1.82, 2.24) is 14.9 Å². The Balaban J connectivity index is 2.13. The van der Waals surface area contributed by atoms with E-state index < -0.39 is 0 Å². The molecule has 0 bridgehead atoms. The standard InChI is InChI=1S/C16H23N3O2/c1-5-19-9-8-18-16(19)11-21-14-7-6-13(12(2)17-3)10-15(14)20-4/h6-10,12,17H,5,11H2,1-4H3. The summed E-state index contributed by atoms with van der Waals surface area (Å²) < 4.78 is 13.3. The second-order valence-electron chi connectivity index (χ2n) is 4.84. The molecular formula is C16H23N3O2. The van der Waals surface area contributed by atoms with Gasteiger partial charge in [0.2, 0.25) is 0 Å². The molecule has 1 N–H and O–H groups in total. The van der Waals surface area contributed by atoms with Crippen LogP contribution in [0, 0.1) is 0 Å². The van der Waals surface area contributed by atoms with E-state index >= 15 is 0 Å². The van der Waals surface area contributed by atoms with Gasteiger partial charge in [-0.1, -0.05) is 6.07 Å². The molecule has 5 nitrogen and oxygen atoms in total. The van der Waals surface area contributed by atoms with Crippen LogP contribution in [0.2, 0.25) is 0 Å². The van der Waals surface area contributed by atoms with Crippen LogP contribution in [-0.4, -0.2) is 23.7 Å². The van der Waals surface area contributed by atoms with Gasteiger partial charge >= 0.3 is 0 Å². The van der Waals surface area contributed by atoms with E-state index in [1.807, 2.05) is 31.4 Å². The average molecular weight is 289 g/mol. The number of hydrogen-bond acceptors (Lipinski definition) is 4. The van der Waals surface area contributed by atoms with Gasteiger partial charge < -0.3 is 19.4 Å². The molecule has 0 radical (unpaired) electrons. The molecule has 2 aromatic rings. The zero-order valence-electron chi connectivity index (χ0n) is 13.1. The van der Waals surface area contributed by atoms with Crippen molar-refractivity contribution in [1.29, 1.82) is 0 Å². The van der Waals surface area contributed by atoms with Crippen LogP contribution in [0.4, 0.5) is 0 Å². The van der Waals surface area contributed by atoms with Crippen LogP contribution < -0.4 is 14.8 Å². The Kier molecular flexibility index (Phi) is 5.22. The highest BCUT2D eigenvalue weighted by atomic mass is 16.5. The second kappa shape index (κ2) is 7.13. The van der Waals surface area contributed by atoms with Crippen molar-refractivity contribution < 1.29 is 9.47 Å². The summed E-state index contributed by atoms with van der Waals surface area (Å²) in [6.45, 7) is 5.50. The number of aryl methyl sites for hydroxylation is 1. The first-order valence-corrected chi connectivity index (χ1v) is 7.17. The maximum atomic E-state index is 5.85. The minimum absolute atomic E-state index is 0.270. The molecule has 0 aliphatic heterocycles. The Morgan fingerprint density at radius 2 is 2.14 bits per heavy atom. The fourth-order valence-corrected chi connectivity index (χ4v) is 2.15. The molecule has 0 saturated carbocycles. The number of benzene rings is 1. The zero-order valence-corrected chi connectivity index (χ0v) is 13.1. The molecule has 0 spiro atoms. The summed E-state index contributed by atoms with van der Waals surface area (Å²) in [6, 6.07) is 6.27. The Labute approximate surface area is 125 Å². The van der Waals surface area contributed by atoms with Crippen LogP contribution in [0.5, 0.6) is 11.5 Å². The number of nitrogens with zero attached hydrogens (tertiary/aromatic N) is 2. The molecule has 1 aromatic carbocycles. The maximum absolute atomic E-state index is 5.85. The van der Waals surface area contributed by atoms with Gasteiger partial charge in [0.15, 0.2) is 11.5 Å². The predicted molar refractivity (Wildman–Crippen MR) is 82.7 cm³/mol. The fourth-order valence-electron chi connectivity index (χ4n) is 2.15. The summed E-state index contributed by atoms with van der Waals surface area (Å²) in [4.78, 5) is 4.30. The number of ether oxygens (including phenoxy) is 2. The SMILES string of the molecule is CCn1ccnc1COc1ccc(C(C)NC)cc1OC. The fraction of sp³-hybridized carbons (Fsp3) is 0.438.